The van der Waals surface area contributed by atoms with Crippen LogP contribution >= 0.6 is 0 Å². The number of hydrogen-bond donors (Lipinski definition) is 4. The Hall–Kier alpha value is -2.97. The zero-order chi connectivity index (χ0) is 17.9. The van der Waals surface area contributed by atoms with Crippen LogP contribution in [0, 0.1) is 6.92 Å². The first kappa shape index (κ1) is 17.4. The fraction of sp³-hybridized carbons (Fsp3) is 0.400. The summed E-state index contributed by atoms with van der Waals surface area (Å²) in [6, 6.07) is 0.359. The molecule has 0 saturated heterocycles. The number of aryl methyl sites for hydroxylation is 1. The van der Waals surface area contributed by atoms with Crippen molar-refractivity contribution < 1.29 is 14.7 Å². The number of carbonyl (C=O) groups is 2. The number of nitrogens with zero attached hydrogens (tertiary/aromatic N) is 1. The molecule has 1 amide bonds. The monoisotopic (exact) mass is 334 g/mol. The summed E-state index contributed by atoms with van der Waals surface area (Å²) in [4.78, 5) is 55.0. The van der Waals surface area contributed by atoms with E-state index in [1.165, 1.54) is 6.07 Å². The van der Waals surface area contributed by atoms with Crippen molar-refractivity contribution >= 4 is 22.9 Å². The van der Waals surface area contributed by atoms with Crippen LogP contribution in [0.2, 0.25) is 0 Å². The molecular formula is C15H18N4O5. The van der Waals surface area contributed by atoms with Crippen LogP contribution in [0.25, 0.3) is 11.0 Å². The molecule has 0 fully saturated rings. The highest BCUT2D eigenvalue weighted by molar-refractivity contribution is 5.97. The molecule has 4 N–H and O–H groups in total. The summed E-state index contributed by atoms with van der Waals surface area (Å²) in [5, 5.41) is 11.7. The maximum Gasteiger partial charge on any atom is 0.327 e. The molecule has 2 heterocycles. The summed E-state index contributed by atoms with van der Waals surface area (Å²) in [6.07, 6.45) is 1.77. The smallest absolute Gasteiger partial charge is 0.327 e. The maximum absolute atomic E-state index is 12.3. The van der Waals surface area contributed by atoms with Crippen molar-refractivity contribution in [3.63, 3.8) is 0 Å². The van der Waals surface area contributed by atoms with Crippen LogP contribution in [-0.4, -0.2) is 38.0 Å². The van der Waals surface area contributed by atoms with E-state index in [1.54, 1.807) is 6.92 Å². The van der Waals surface area contributed by atoms with Crippen LogP contribution in [0.1, 0.15) is 42.2 Å². The summed E-state index contributed by atoms with van der Waals surface area (Å²) in [5.74, 6) is -1.80. The van der Waals surface area contributed by atoms with E-state index in [1.807, 2.05) is 6.92 Å². The summed E-state index contributed by atoms with van der Waals surface area (Å²) in [7, 11) is 0. The molecule has 128 valence electrons. The lowest BCUT2D eigenvalue weighted by atomic mass is 10.1. The van der Waals surface area contributed by atoms with Gasteiger partial charge in [-0.15, -0.1) is 0 Å². The quantitative estimate of drug-likeness (QED) is 0.597. The summed E-state index contributed by atoms with van der Waals surface area (Å²) in [6.45, 7) is 3.52. The van der Waals surface area contributed by atoms with Crippen LogP contribution in [-0.2, 0) is 4.79 Å². The predicted molar refractivity (Wildman–Crippen MR) is 86.1 cm³/mol. The first-order chi connectivity index (χ1) is 11.3. The number of carboxylic acids is 1. The van der Waals surface area contributed by atoms with Crippen LogP contribution in [0.4, 0.5) is 0 Å². The molecule has 1 unspecified atom stereocenters. The third-order valence-electron chi connectivity index (χ3n) is 3.59. The number of H-pyrrole nitrogens is 2. The minimum Gasteiger partial charge on any atom is -0.480 e. The van der Waals surface area contributed by atoms with Gasteiger partial charge in [-0.1, -0.05) is 19.8 Å². The van der Waals surface area contributed by atoms with Gasteiger partial charge in [-0.3, -0.25) is 19.6 Å². The molecule has 2 aromatic heterocycles. The van der Waals surface area contributed by atoms with Gasteiger partial charge in [0.15, 0.2) is 0 Å². The van der Waals surface area contributed by atoms with E-state index in [0.29, 0.717) is 18.4 Å². The number of fused-ring (bicyclic) bond motifs is 1. The molecule has 24 heavy (non-hydrogen) atoms. The fourth-order valence-corrected chi connectivity index (χ4v) is 2.37. The molecule has 0 bridgehead atoms. The third-order valence-corrected chi connectivity index (χ3v) is 3.59. The summed E-state index contributed by atoms with van der Waals surface area (Å²) < 4.78 is 0. The number of carbonyl (C=O) groups excluding carboxylic acids is 1. The first-order valence-corrected chi connectivity index (χ1v) is 7.51. The second-order valence-corrected chi connectivity index (χ2v) is 5.46. The molecule has 9 nitrogen and oxygen atoms in total. The number of nitrogens with one attached hydrogen (secondary N) is 3. The lowest BCUT2D eigenvalue weighted by Crippen LogP contribution is -2.41. The van der Waals surface area contributed by atoms with Gasteiger partial charge in [0.2, 0.25) is 0 Å². The van der Waals surface area contributed by atoms with Crippen molar-refractivity contribution in [2.45, 2.75) is 39.2 Å². The van der Waals surface area contributed by atoms with E-state index in [0.717, 1.165) is 6.42 Å². The van der Waals surface area contributed by atoms with Crippen molar-refractivity contribution in [3.05, 3.63) is 38.2 Å². The maximum atomic E-state index is 12.3. The van der Waals surface area contributed by atoms with Gasteiger partial charge in [-0.05, 0) is 25.0 Å². The van der Waals surface area contributed by atoms with Gasteiger partial charge in [-0.25, -0.2) is 14.6 Å². The van der Waals surface area contributed by atoms with Gasteiger partial charge in [0.1, 0.15) is 17.4 Å². The zero-order valence-electron chi connectivity index (χ0n) is 13.3. The molecule has 9 heteroatoms. The predicted octanol–water partition coefficient (Wildman–Crippen LogP) is 0.293. The Morgan fingerprint density at radius 1 is 1.33 bits per heavy atom. The molecule has 2 aromatic rings. The molecule has 1 atom stereocenters. The van der Waals surface area contributed by atoms with E-state index in [4.69, 9.17) is 5.11 Å². The average Bonchev–Trinajstić information content (AvgIpc) is 2.49. The molecular weight excluding hydrogens is 316 g/mol. The second kappa shape index (κ2) is 7.07. The molecule has 2 rings (SSSR count). The Morgan fingerprint density at radius 2 is 2.04 bits per heavy atom. The number of unbranched alkanes of at least 4 members (excludes halogenated alkanes) is 1. The molecule has 0 spiro atoms. The van der Waals surface area contributed by atoms with Crippen molar-refractivity contribution in [2.75, 3.05) is 0 Å². The van der Waals surface area contributed by atoms with Crippen molar-refractivity contribution in [1.29, 1.82) is 0 Å². The Kier molecular flexibility index (Phi) is 5.12. The van der Waals surface area contributed by atoms with Gasteiger partial charge in [-0.2, -0.15) is 0 Å². The van der Waals surface area contributed by atoms with Gasteiger partial charge in [0, 0.05) is 0 Å². The van der Waals surface area contributed by atoms with Crippen molar-refractivity contribution in [2.24, 2.45) is 0 Å². The molecule has 0 aliphatic carbocycles. The lowest BCUT2D eigenvalue weighted by molar-refractivity contribution is -0.139. The summed E-state index contributed by atoms with van der Waals surface area (Å²) in [5.41, 5.74) is -0.971. The van der Waals surface area contributed by atoms with E-state index in [9.17, 15) is 19.2 Å². The first-order valence-electron chi connectivity index (χ1n) is 7.51. The number of rotatable bonds is 6. The SMILES string of the molecule is CCCCC(NC(=O)c1cc(C)c2c(=O)[nH]c(=O)[nH]c2n1)C(=O)O. The van der Waals surface area contributed by atoms with Gasteiger partial charge >= 0.3 is 11.7 Å². The van der Waals surface area contributed by atoms with E-state index in [2.05, 4.69) is 20.3 Å². The van der Waals surface area contributed by atoms with Gasteiger partial charge < -0.3 is 10.4 Å². The van der Waals surface area contributed by atoms with E-state index in [-0.39, 0.29) is 16.7 Å². The number of pyridine rings is 1. The minimum absolute atomic E-state index is 0.0191. The Labute approximate surface area is 136 Å². The molecule has 0 aromatic carbocycles. The molecule has 0 aliphatic heterocycles. The zero-order valence-corrected chi connectivity index (χ0v) is 13.3. The number of aliphatic carboxylic acids is 1. The normalized spacial score (nSPS) is 12.1. The average molecular weight is 334 g/mol. The van der Waals surface area contributed by atoms with Gasteiger partial charge in [0.25, 0.3) is 11.5 Å². The van der Waals surface area contributed by atoms with Gasteiger partial charge in [0.05, 0.1) is 5.39 Å². The minimum atomic E-state index is -1.13. The Bertz CT molecular complexity index is 899. The van der Waals surface area contributed by atoms with Crippen molar-refractivity contribution in [1.82, 2.24) is 20.3 Å². The summed E-state index contributed by atoms with van der Waals surface area (Å²) >= 11 is 0. The Balaban J connectivity index is 2.37. The molecule has 0 saturated carbocycles. The largest absolute Gasteiger partial charge is 0.480 e. The number of amides is 1. The van der Waals surface area contributed by atoms with Crippen LogP contribution in [0.15, 0.2) is 15.7 Å². The number of aromatic nitrogens is 3. The third kappa shape index (κ3) is 3.67. The standard InChI is InChI=1S/C15H18N4O5/c1-3-4-5-8(14(22)23)17-12(20)9-6-7(2)10-11(16-9)18-15(24)19-13(10)21/h6,8H,3-5H2,1-2H3,(H,17,20)(H,22,23)(H2,16,18,19,21,24). The second-order valence-electron chi connectivity index (χ2n) is 5.46. The number of carboxylic acid groups (broad SMARTS) is 1. The van der Waals surface area contributed by atoms with Crippen molar-refractivity contribution in [3.8, 4) is 0 Å². The van der Waals surface area contributed by atoms with Crippen LogP contribution < -0.4 is 16.6 Å². The van der Waals surface area contributed by atoms with E-state index < -0.39 is 29.2 Å². The highest BCUT2D eigenvalue weighted by Crippen LogP contribution is 2.11. The van der Waals surface area contributed by atoms with Crippen LogP contribution in [0.3, 0.4) is 0 Å². The van der Waals surface area contributed by atoms with E-state index >= 15 is 0 Å². The fourth-order valence-electron chi connectivity index (χ4n) is 2.37. The highest BCUT2D eigenvalue weighted by Gasteiger charge is 2.21. The highest BCUT2D eigenvalue weighted by atomic mass is 16.4. The lowest BCUT2D eigenvalue weighted by Gasteiger charge is -2.14. The van der Waals surface area contributed by atoms with Crippen LogP contribution in [0.5, 0.6) is 0 Å². The Morgan fingerprint density at radius 3 is 2.67 bits per heavy atom. The molecule has 0 aliphatic rings. The number of hydrogen-bond acceptors (Lipinski definition) is 5. The molecule has 0 radical (unpaired) electrons. The topological polar surface area (TPSA) is 145 Å². The number of aromatic amines is 2.